The Labute approximate surface area is 284 Å². The topological polar surface area (TPSA) is 343 Å². The second-order valence-electron chi connectivity index (χ2n) is 4.22. The summed E-state index contributed by atoms with van der Waals surface area (Å²) in [5.74, 6) is 0. The molecule has 33 heavy (non-hydrogen) atoms. The SMILES string of the molecule is CS(=O)(=O)[O-].CS(=O)(=O)[O-].CS(=O)(=O)[O-].CS(=O)(=O)[O-].CS(=O)(=O)[O-].CS(=O)(=O)[O-].[Ca+2].[Ca+2].[Ca+2]. The smallest absolute Gasteiger partial charge is 0.748 e. The summed E-state index contributed by atoms with van der Waals surface area (Å²) in [6.07, 6.45) is 3.62. The van der Waals surface area contributed by atoms with Crippen molar-refractivity contribution < 1.29 is 77.8 Å². The van der Waals surface area contributed by atoms with Crippen LogP contribution in [0.1, 0.15) is 0 Å². The second-order valence-corrected chi connectivity index (χ2v) is 12.7. The van der Waals surface area contributed by atoms with Gasteiger partial charge in [0.05, 0.1) is 60.7 Å². The van der Waals surface area contributed by atoms with Crippen molar-refractivity contribution in [2.75, 3.05) is 37.5 Å². The molecular formula is C6H18Ca3O18S6. The third-order valence-electron chi connectivity index (χ3n) is 0. The van der Waals surface area contributed by atoms with Crippen LogP contribution >= 0.6 is 0 Å². The predicted octanol–water partition coefficient (Wildman–Crippen LogP) is -6.17. The largest absolute Gasteiger partial charge is 2.00 e. The molecule has 0 saturated heterocycles. The van der Waals surface area contributed by atoms with Crippen molar-refractivity contribution in [1.82, 2.24) is 0 Å². The summed E-state index contributed by atoms with van der Waals surface area (Å²) in [6, 6.07) is 0. The van der Waals surface area contributed by atoms with Gasteiger partial charge in [-0.15, -0.1) is 0 Å². The van der Waals surface area contributed by atoms with Gasteiger partial charge in [0, 0.05) is 37.5 Å². The summed E-state index contributed by atoms with van der Waals surface area (Å²) in [6.45, 7) is 0. The molecule has 0 aromatic rings. The Balaban J connectivity index is -0.0000000294. The molecule has 0 aliphatic heterocycles. The van der Waals surface area contributed by atoms with Crippen LogP contribution < -0.4 is 0 Å². The molecule has 27 heteroatoms. The number of hydrogen-bond donors (Lipinski definition) is 0. The first kappa shape index (κ1) is 60.7. The molecular weight excluding hydrogens is 673 g/mol. The van der Waals surface area contributed by atoms with Crippen LogP contribution in [0.4, 0.5) is 0 Å². The van der Waals surface area contributed by atoms with Crippen LogP contribution in [-0.4, -0.2) is 229 Å². The van der Waals surface area contributed by atoms with Crippen LogP contribution in [-0.2, 0) is 60.7 Å². The van der Waals surface area contributed by atoms with Crippen molar-refractivity contribution in [3.8, 4) is 0 Å². The minimum absolute atomic E-state index is 0. The van der Waals surface area contributed by atoms with Crippen molar-refractivity contribution >= 4 is 174 Å². The van der Waals surface area contributed by atoms with Crippen LogP contribution in [0.3, 0.4) is 0 Å². The van der Waals surface area contributed by atoms with E-state index in [1.54, 1.807) is 0 Å². The molecule has 0 saturated carbocycles. The zero-order valence-electron chi connectivity index (χ0n) is 17.9. The second kappa shape index (κ2) is 26.8. The Morgan fingerprint density at radius 1 is 0.273 bits per heavy atom. The standard InChI is InChI=1S/6CH4O3S.3Ca/c6*1-5(2,3)4;;;/h6*1H3,(H,2,3,4);;;/q;;;;;;3*+2/p-6. The normalized spacial score (nSPS) is 10.5. The molecule has 192 valence electrons. The molecule has 0 atom stereocenters. The van der Waals surface area contributed by atoms with E-state index in [2.05, 4.69) is 0 Å². The maximum absolute atomic E-state index is 9.08. The first-order chi connectivity index (χ1) is 12.0. The monoisotopic (exact) mass is 690 g/mol. The molecule has 0 radical (unpaired) electrons. The summed E-state index contributed by atoms with van der Waals surface area (Å²) in [5, 5.41) is 0. The van der Waals surface area contributed by atoms with E-state index in [4.69, 9.17) is 77.8 Å². The van der Waals surface area contributed by atoms with Gasteiger partial charge in [0.15, 0.2) is 0 Å². The van der Waals surface area contributed by atoms with E-state index < -0.39 is 60.7 Å². The van der Waals surface area contributed by atoms with Gasteiger partial charge >= 0.3 is 113 Å². The van der Waals surface area contributed by atoms with E-state index in [1.165, 1.54) is 0 Å². The Hall–Kier alpha value is 3.24. The van der Waals surface area contributed by atoms with Crippen LogP contribution in [0.15, 0.2) is 0 Å². The molecule has 0 fully saturated rings. The molecule has 18 nitrogen and oxygen atoms in total. The maximum atomic E-state index is 9.08. The molecule has 0 rings (SSSR count). The van der Waals surface area contributed by atoms with Gasteiger partial charge < -0.3 is 27.3 Å². The van der Waals surface area contributed by atoms with E-state index in [0.717, 1.165) is 0 Å². The third-order valence-corrected chi connectivity index (χ3v) is 0. The fourth-order valence-corrected chi connectivity index (χ4v) is 0. The average Bonchev–Trinajstić information content (AvgIpc) is 1.94. The molecule has 0 aliphatic carbocycles. The Bertz CT molecular complexity index is 788. The Morgan fingerprint density at radius 3 is 0.273 bits per heavy atom. The van der Waals surface area contributed by atoms with Gasteiger partial charge in [0.25, 0.3) is 0 Å². The zero-order valence-corrected chi connectivity index (χ0v) is 29.4. The quantitative estimate of drug-likeness (QED) is 0.168. The van der Waals surface area contributed by atoms with Gasteiger partial charge in [0.1, 0.15) is 0 Å². The van der Waals surface area contributed by atoms with Gasteiger partial charge in [-0.2, -0.15) is 0 Å². The van der Waals surface area contributed by atoms with Gasteiger partial charge in [-0.05, 0) is 0 Å². The van der Waals surface area contributed by atoms with Crippen LogP contribution in [0.2, 0.25) is 0 Å². The van der Waals surface area contributed by atoms with Crippen molar-refractivity contribution in [1.29, 1.82) is 0 Å². The predicted molar refractivity (Wildman–Crippen MR) is 111 cm³/mol. The molecule has 0 spiro atoms. The summed E-state index contributed by atoms with van der Waals surface area (Å²) in [4.78, 5) is 0. The van der Waals surface area contributed by atoms with Crippen molar-refractivity contribution in [3.05, 3.63) is 0 Å². The molecule has 0 N–H and O–H groups in total. The van der Waals surface area contributed by atoms with E-state index in [-0.39, 0.29) is 113 Å². The molecule has 0 amide bonds. The summed E-state index contributed by atoms with van der Waals surface area (Å²) >= 11 is 0. The van der Waals surface area contributed by atoms with Crippen molar-refractivity contribution in [2.45, 2.75) is 0 Å². The Morgan fingerprint density at radius 2 is 0.273 bits per heavy atom. The van der Waals surface area contributed by atoms with E-state index >= 15 is 0 Å². The van der Waals surface area contributed by atoms with Gasteiger partial charge in [0.2, 0.25) is 0 Å². The van der Waals surface area contributed by atoms with Gasteiger partial charge in [-0.1, -0.05) is 0 Å². The molecule has 0 aromatic heterocycles. The summed E-state index contributed by atoms with van der Waals surface area (Å²) in [7, 11) is -23.5. The Kier molecular flexibility index (Phi) is 49.3. The minimum atomic E-state index is -3.92. The maximum Gasteiger partial charge on any atom is 2.00 e. The van der Waals surface area contributed by atoms with Crippen LogP contribution in [0, 0.1) is 0 Å². The van der Waals surface area contributed by atoms with Crippen LogP contribution in [0.5, 0.6) is 0 Å². The molecule has 0 heterocycles. The first-order valence-corrected chi connectivity index (χ1v) is 16.3. The molecule has 0 unspecified atom stereocenters. The molecule has 0 bridgehead atoms. The summed E-state index contributed by atoms with van der Waals surface area (Å²) < 4.78 is 163. The number of hydrogen-bond acceptors (Lipinski definition) is 18. The summed E-state index contributed by atoms with van der Waals surface area (Å²) in [5.41, 5.74) is 0. The first-order valence-electron chi connectivity index (χ1n) is 5.45. The van der Waals surface area contributed by atoms with E-state index in [0.29, 0.717) is 37.5 Å². The van der Waals surface area contributed by atoms with E-state index in [1.807, 2.05) is 0 Å². The van der Waals surface area contributed by atoms with E-state index in [9.17, 15) is 0 Å². The van der Waals surface area contributed by atoms with Gasteiger partial charge in [-0.3, -0.25) is 0 Å². The minimum Gasteiger partial charge on any atom is -0.748 e. The zero-order chi connectivity index (χ0) is 27.0. The molecule has 0 aliphatic rings. The van der Waals surface area contributed by atoms with Gasteiger partial charge in [-0.25, -0.2) is 50.5 Å². The molecule has 0 aromatic carbocycles. The van der Waals surface area contributed by atoms with Crippen molar-refractivity contribution in [3.63, 3.8) is 0 Å². The fourth-order valence-electron chi connectivity index (χ4n) is 0. The number of rotatable bonds is 0. The average molecular weight is 691 g/mol. The third kappa shape index (κ3) is 3710. The fraction of sp³-hybridized carbons (Fsp3) is 1.00. The van der Waals surface area contributed by atoms with Crippen molar-refractivity contribution in [2.24, 2.45) is 0 Å². The van der Waals surface area contributed by atoms with Crippen LogP contribution in [0.25, 0.3) is 0 Å².